The molecule has 0 saturated heterocycles. The summed E-state index contributed by atoms with van der Waals surface area (Å²) in [7, 11) is 5.40. The van der Waals surface area contributed by atoms with Crippen molar-refractivity contribution in [3.8, 4) is 0 Å². The van der Waals surface area contributed by atoms with Gasteiger partial charge < -0.3 is 19.8 Å². The monoisotopic (exact) mass is 286 g/mol. The predicted octanol–water partition coefficient (Wildman–Crippen LogP) is 0.672. The Morgan fingerprint density at radius 2 is 1.73 bits per heavy atom. The van der Waals surface area contributed by atoms with E-state index in [1.165, 1.54) is 0 Å². The summed E-state index contributed by atoms with van der Waals surface area (Å²) in [5.41, 5.74) is 0. The molecule has 6 heteroatoms. The van der Waals surface area contributed by atoms with E-state index in [4.69, 9.17) is 28.7 Å². The third-order valence-corrected chi connectivity index (χ3v) is 2.52. The first-order valence-electron chi connectivity index (χ1n) is 2.21. The molecule has 0 aliphatic rings. The summed E-state index contributed by atoms with van der Waals surface area (Å²) in [4.78, 5) is 16.5. The van der Waals surface area contributed by atoms with Crippen molar-refractivity contribution in [1.29, 1.82) is 0 Å². The van der Waals surface area contributed by atoms with Crippen molar-refractivity contribution in [2.45, 2.75) is 4.44 Å². The van der Waals surface area contributed by atoms with Crippen LogP contribution in [0.25, 0.3) is 0 Å². The summed E-state index contributed by atoms with van der Waals surface area (Å²) in [5.74, 6) is 0. The fourth-order valence-electron chi connectivity index (χ4n) is 0.0546. The van der Waals surface area contributed by atoms with Crippen LogP contribution in [0.4, 0.5) is 0 Å². The molecule has 2 N–H and O–H groups in total. The summed E-state index contributed by atoms with van der Waals surface area (Å²) in [5, 5.41) is 13.5. The maximum atomic E-state index is 8.24. The Morgan fingerprint density at radius 1 is 1.45 bits per heavy atom. The Morgan fingerprint density at radius 3 is 1.73 bits per heavy atom. The molecule has 0 aliphatic heterocycles. The first kappa shape index (κ1) is 17.0. The van der Waals surface area contributed by atoms with Gasteiger partial charge in [0.1, 0.15) is 0 Å². The SMILES string of the molecule is C=C[CH2][Sn+2][Cl].O=[C-]O.O=[C-]O. The maximum absolute atomic E-state index is 8.24. The topological polar surface area (TPSA) is 74.6 Å². The van der Waals surface area contributed by atoms with Gasteiger partial charge in [-0.2, -0.15) is 0 Å². The molecule has 0 atom stereocenters. The molecule has 0 radical (unpaired) electrons. The van der Waals surface area contributed by atoms with Crippen LogP contribution in [0, 0.1) is 0 Å². The minimum atomic E-state index is -0.440. The second-order valence-electron chi connectivity index (χ2n) is 0.809. The van der Waals surface area contributed by atoms with Crippen LogP contribution >= 0.6 is 8.92 Å². The standard InChI is InChI=1S/C3H5.2CHO2.ClH.Sn/c1-3-2;2*2-1-3;;/h3H,1-2H2;2*(H,2,3);1H;/q;2*-1;;+3/p-1. The van der Waals surface area contributed by atoms with Gasteiger partial charge in [-0.3, -0.25) is 0 Å². The Labute approximate surface area is 78.8 Å². The molecule has 0 amide bonds. The van der Waals surface area contributed by atoms with Gasteiger partial charge in [0.05, 0.1) is 0 Å². The van der Waals surface area contributed by atoms with Gasteiger partial charge >= 0.3 is 46.0 Å². The van der Waals surface area contributed by atoms with Crippen LogP contribution in [0.5, 0.6) is 0 Å². The molecule has 4 nitrogen and oxygen atoms in total. The van der Waals surface area contributed by atoms with Gasteiger partial charge in [-0.25, -0.2) is 0 Å². The van der Waals surface area contributed by atoms with Crippen molar-refractivity contribution in [2.75, 3.05) is 0 Å². The quantitative estimate of drug-likeness (QED) is 0.444. The smallest absolute Gasteiger partial charge is 0.0744 e. The zero-order chi connectivity index (χ0) is 9.54. The van der Waals surface area contributed by atoms with Gasteiger partial charge in [0.25, 0.3) is 0 Å². The van der Waals surface area contributed by atoms with Crippen LogP contribution in [-0.4, -0.2) is 43.2 Å². The molecular weight excluding hydrogens is 278 g/mol. The third-order valence-electron chi connectivity index (χ3n) is 0.221. The van der Waals surface area contributed by atoms with E-state index in [0.29, 0.717) is 12.9 Å². The van der Waals surface area contributed by atoms with E-state index >= 15 is 0 Å². The average molecular weight is 285 g/mol. The number of hydrogen-bond acceptors (Lipinski definition) is 2. The molecule has 0 fully saturated rings. The van der Waals surface area contributed by atoms with Crippen LogP contribution in [-0.2, 0) is 9.59 Å². The fraction of sp³-hybridized carbons (Fsp3) is 0.200. The molecule has 0 aromatic carbocycles. The summed E-state index contributed by atoms with van der Waals surface area (Å²) in [6, 6.07) is 0. The summed E-state index contributed by atoms with van der Waals surface area (Å²) < 4.78 is 1.09. The van der Waals surface area contributed by atoms with Gasteiger partial charge in [-0.1, -0.05) is 12.9 Å². The Hall–Kier alpha value is -0.231. The number of hydrogen-bond donors (Lipinski definition) is 2. The second kappa shape index (κ2) is 33.0. The van der Waals surface area contributed by atoms with Crippen molar-refractivity contribution in [3.05, 3.63) is 12.7 Å². The van der Waals surface area contributed by atoms with E-state index in [2.05, 4.69) is 6.58 Å². The first-order chi connectivity index (χ1) is 5.24. The van der Waals surface area contributed by atoms with Crippen molar-refractivity contribution >= 4 is 41.9 Å². The van der Waals surface area contributed by atoms with E-state index in [9.17, 15) is 0 Å². The average Bonchev–Trinajstić information content (AvgIpc) is 1.92. The van der Waals surface area contributed by atoms with E-state index in [1.54, 1.807) is 0 Å². The van der Waals surface area contributed by atoms with Crippen LogP contribution < -0.4 is 0 Å². The van der Waals surface area contributed by atoms with Crippen LogP contribution in [0.1, 0.15) is 0 Å². The molecule has 0 saturated carbocycles. The third kappa shape index (κ3) is 188. The molecule has 11 heavy (non-hydrogen) atoms. The van der Waals surface area contributed by atoms with Crippen molar-refractivity contribution in [2.24, 2.45) is 0 Å². The van der Waals surface area contributed by atoms with E-state index in [-0.39, 0.29) is 0 Å². The molecule has 0 spiro atoms. The Balaban J connectivity index is -0.0000000933. The number of halogens is 1. The van der Waals surface area contributed by atoms with Gasteiger partial charge in [-0.05, 0) is 0 Å². The summed E-state index contributed by atoms with van der Waals surface area (Å²) in [6.07, 6.45) is 1.87. The zero-order valence-electron chi connectivity index (χ0n) is 5.58. The van der Waals surface area contributed by atoms with Crippen molar-refractivity contribution in [3.63, 3.8) is 0 Å². The van der Waals surface area contributed by atoms with Gasteiger partial charge in [0.2, 0.25) is 0 Å². The molecule has 62 valence electrons. The Bertz CT molecular complexity index is 82.6. The number of allylic oxidation sites excluding steroid dienone is 1. The van der Waals surface area contributed by atoms with Crippen molar-refractivity contribution in [1.82, 2.24) is 0 Å². The molecule has 0 aromatic rings. The van der Waals surface area contributed by atoms with Gasteiger partial charge in [0, 0.05) is 0 Å². The molecule has 0 aliphatic carbocycles. The van der Waals surface area contributed by atoms with Crippen LogP contribution in [0.2, 0.25) is 4.44 Å². The summed E-state index contributed by atoms with van der Waals surface area (Å²) in [6.45, 7) is 4.51. The van der Waals surface area contributed by atoms with E-state index in [0.717, 1.165) is 4.44 Å². The predicted molar refractivity (Wildman–Crippen MR) is 43.3 cm³/mol. The normalized spacial score (nSPS) is 4.82. The van der Waals surface area contributed by atoms with Crippen LogP contribution in [0.3, 0.4) is 0 Å². The summed E-state index contributed by atoms with van der Waals surface area (Å²) >= 11 is -0.440. The largest absolute Gasteiger partial charge is 0.665 e. The molecule has 0 rings (SSSR count). The van der Waals surface area contributed by atoms with E-state index in [1.807, 2.05) is 6.08 Å². The first-order valence-corrected chi connectivity index (χ1v) is 7.85. The fourth-order valence-corrected chi connectivity index (χ4v) is 1.10. The number of aliphatic hydroxyl groups excluding tert-OH is 2. The van der Waals surface area contributed by atoms with Gasteiger partial charge in [0.15, 0.2) is 0 Å². The molecule has 0 aromatic heterocycles. The Kier molecular flexibility index (Phi) is 51.1. The van der Waals surface area contributed by atoms with Crippen molar-refractivity contribution < 1.29 is 19.8 Å². The van der Waals surface area contributed by atoms with Gasteiger partial charge in [-0.15, -0.1) is 0 Å². The molecule has 0 bridgehead atoms. The number of rotatable bonds is 2. The minimum absolute atomic E-state index is 0.440. The molecule has 0 unspecified atom stereocenters. The zero-order valence-corrected chi connectivity index (χ0v) is 9.19. The second-order valence-corrected chi connectivity index (χ2v) is 4.53. The van der Waals surface area contributed by atoms with Crippen LogP contribution in [0.15, 0.2) is 12.7 Å². The molecular formula is C5H7ClO4Sn. The van der Waals surface area contributed by atoms with E-state index < -0.39 is 20.0 Å². The molecule has 0 heterocycles. The maximum Gasteiger partial charge on any atom is -0.0744 e. The minimum Gasteiger partial charge on any atom is -0.665 e.